The molecule has 3 aliphatic rings. The number of carbonyl (C=O) groups excluding carboxylic acids is 6. The van der Waals surface area contributed by atoms with Crippen LogP contribution in [0.5, 0.6) is 28.7 Å². The van der Waals surface area contributed by atoms with E-state index in [1.807, 2.05) is 48.5 Å². The average molecular weight is 1180 g/mol. The standard InChI is InChI=1S/C61H64N8O17/c1-81-46-25-35-19-22-69(32-38(35)26-47(46)82-2,21-18-33-9-12-39(13-10-33)65-58(77)40-27-48(83-3)49(84-4)28-42(40)67-57(76)37-24-36-7-5-6-8-41(36)64-30-37)31-34-11-14-45(85-61-55(75)53(73)54(74)56(86-61)60(79)80)43(23-34)66-50(70)17-20-63-59(78)44(29-62)68-51(71)15-16-52(68)72/h5-16,23-28,30,44,53-56,61,73-75H,17-22,29,31-32,62H2,1-4H3,(H4-,63,65,66,67,70,76,77,78,79,80)/p+1/t44?,53-,54-,55+,56-,61?,69?/m0/s1. The van der Waals surface area contributed by atoms with E-state index in [4.69, 9.17) is 34.2 Å². The molecule has 1 fully saturated rings. The van der Waals surface area contributed by atoms with Crippen molar-refractivity contribution in [2.75, 3.05) is 70.6 Å². The van der Waals surface area contributed by atoms with Crippen molar-refractivity contribution in [3.05, 3.63) is 149 Å². The van der Waals surface area contributed by atoms with E-state index in [2.05, 4.69) is 26.3 Å². The summed E-state index contributed by atoms with van der Waals surface area (Å²) in [5, 5.41) is 53.5. The number of carboxylic acid groups (broad SMARTS) is 1. The molecule has 25 heteroatoms. The summed E-state index contributed by atoms with van der Waals surface area (Å²) in [5.41, 5.74) is 11.2. The molecule has 6 aromatic rings. The second-order valence-electron chi connectivity index (χ2n) is 20.8. The number of hydrogen-bond donors (Lipinski definition) is 9. The van der Waals surface area contributed by atoms with Gasteiger partial charge in [0.15, 0.2) is 29.1 Å². The van der Waals surface area contributed by atoms with Gasteiger partial charge in [-0.05, 0) is 71.8 Å². The second-order valence-corrected chi connectivity index (χ2v) is 20.8. The van der Waals surface area contributed by atoms with E-state index in [1.54, 1.807) is 44.6 Å². The maximum absolute atomic E-state index is 14.1. The summed E-state index contributed by atoms with van der Waals surface area (Å²) in [6.07, 6.45) is -5.43. The monoisotopic (exact) mass is 1180 g/mol. The molecule has 3 unspecified atom stereocenters. The van der Waals surface area contributed by atoms with Gasteiger partial charge in [-0.15, -0.1) is 0 Å². The Morgan fingerprint density at radius 2 is 1.40 bits per heavy atom. The van der Waals surface area contributed by atoms with Gasteiger partial charge in [-0.1, -0.05) is 30.3 Å². The van der Waals surface area contributed by atoms with Crippen LogP contribution < -0.4 is 50.7 Å². The number of benzene rings is 5. The van der Waals surface area contributed by atoms with Crippen molar-refractivity contribution in [3.63, 3.8) is 0 Å². The number of rotatable bonds is 23. The maximum Gasteiger partial charge on any atom is 0.335 e. The number of imide groups is 1. The van der Waals surface area contributed by atoms with Crippen LogP contribution in [0.3, 0.4) is 0 Å². The average Bonchev–Trinajstić information content (AvgIpc) is 2.45. The Kier molecular flexibility index (Phi) is 18.9. The molecule has 10 N–H and O–H groups in total. The zero-order valence-electron chi connectivity index (χ0n) is 47.3. The van der Waals surface area contributed by atoms with Gasteiger partial charge in [0.25, 0.3) is 23.6 Å². The smallest absolute Gasteiger partial charge is 0.335 e. The lowest BCUT2D eigenvalue weighted by molar-refractivity contribution is -0.955. The van der Waals surface area contributed by atoms with Crippen LogP contribution in [-0.2, 0) is 54.6 Å². The molecule has 0 radical (unpaired) electrons. The number of carbonyl (C=O) groups is 7. The van der Waals surface area contributed by atoms with Crippen LogP contribution in [-0.4, -0.2) is 168 Å². The van der Waals surface area contributed by atoms with Gasteiger partial charge in [-0.2, -0.15) is 0 Å². The molecule has 6 amide bonds. The number of hydrogen-bond acceptors (Lipinski definition) is 18. The van der Waals surface area contributed by atoms with Crippen LogP contribution in [0, 0.1) is 0 Å². The van der Waals surface area contributed by atoms with Gasteiger partial charge in [0.1, 0.15) is 43.2 Å². The fourth-order valence-corrected chi connectivity index (χ4v) is 10.6. The number of nitrogens with two attached hydrogens (primary N) is 1. The van der Waals surface area contributed by atoms with Crippen LogP contribution >= 0.6 is 0 Å². The summed E-state index contributed by atoms with van der Waals surface area (Å²) in [5.74, 6) is -3.98. The van der Waals surface area contributed by atoms with Crippen molar-refractivity contribution >= 4 is 69.4 Å². The SMILES string of the molecule is COc1cc2c(cc1OC)C[N+](CCc1ccc(NC(=O)c3cc(OC)c(OC)cc3NC(=O)c3cnc4ccccc4c3)cc1)(Cc1ccc(OC3O[C@H](C(=O)O)[C@@H](O)[C@H](O)[C@H]3O)c(NC(=O)CCNC(=O)C(CN)N3C(=O)C=CC3=O)c1)CC2. The summed E-state index contributed by atoms with van der Waals surface area (Å²) < 4.78 is 34.3. The number of para-hydroxylation sites is 1. The van der Waals surface area contributed by atoms with Gasteiger partial charge >= 0.3 is 5.97 Å². The normalized spacial score (nSPS) is 20.1. The summed E-state index contributed by atoms with van der Waals surface area (Å²) in [7, 11) is 6.00. The Morgan fingerprint density at radius 3 is 2.08 bits per heavy atom. The first-order chi connectivity index (χ1) is 41.3. The number of carboxylic acids is 1. The van der Waals surface area contributed by atoms with E-state index >= 15 is 0 Å². The molecule has 1 saturated heterocycles. The van der Waals surface area contributed by atoms with E-state index in [0.717, 1.165) is 34.2 Å². The lowest BCUT2D eigenvalue weighted by atomic mass is 9.94. The Bertz CT molecular complexity index is 3600. The molecular formula is C61H65N8O17+. The van der Waals surface area contributed by atoms with E-state index < -0.39 is 78.2 Å². The molecule has 86 heavy (non-hydrogen) atoms. The number of fused-ring (bicyclic) bond motifs is 2. The van der Waals surface area contributed by atoms with Crippen molar-refractivity contribution < 1.29 is 86.9 Å². The van der Waals surface area contributed by atoms with Gasteiger partial charge < -0.3 is 80.3 Å². The third-order valence-electron chi connectivity index (χ3n) is 15.2. The highest BCUT2D eigenvalue weighted by atomic mass is 16.7. The number of quaternary nitrogens is 1. The van der Waals surface area contributed by atoms with Gasteiger partial charge in [-0.3, -0.25) is 38.7 Å². The number of nitrogens with zero attached hydrogens (tertiary/aromatic N) is 3. The van der Waals surface area contributed by atoms with Crippen molar-refractivity contribution in [3.8, 4) is 28.7 Å². The van der Waals surface area contributed by atoms with E-state index in [1.165, 1.54) is 38.6 Å². The summed E-state index contributed by atoms with van der Waals surface area (Å²) in [4.78, 5) is 96.4. The Hall–Kier alpha value is -9.50. The van der Waals surface area contributed by atoms with Crippen molar-refractivity contribution in [2.45, 2.75) is 69.1 Å². The first kappa shape index (κ1) is 61.1. The van der Waals surface area contributed by atoms with Gasteiger partial charge in [0, 0.05) is 79.0 Å². The number of pyridine rings is 1. The highest BCUT2D eigenvalue weighted by molar-refractivity contribution is 6.15. The number of nitrogens with one attached hydrogen (secondary N) is 4. The minimum absolute atomic E-state index is 0.0331. The molecule has 0 saturated carbocycles. The third-order valence-corrected chi connectivity index (χ3v) is 15.2. The highest BCUT2D eigenvalue weighted by Crippen LogP contribution is 2.39. The van der Waals surface area contributed by atoms with Crippen LogP contribution in [0.4, 0.5) is 17.1 Å². The highest BCUT2D eigenvalue weighted by Gasteiger charge is 2.48. The number of amides is 6. The molecular weight excluding hydrogens is 1120 g/mol. The number of methoxy groups -OCH3 is 4. The number of aliphatic carboxylic acids is 1. The van der Waals surface area contributed by atoms with Crippen molar-refractivity contribution in [1.82, 2.24) is 15.2 Å². The Labute approximate surface area is 492 Å². The quantitative estimate of drug-likeness (QED) is 0.0329. The number of aliphatic hydroxyl groups is 3. The lowest BCUT2D eigenvalue weighted by Crippen LogP contribution is -2.61. The fourth-order valence-electron chi connectivity index (χ4n) is 10.6. The van der Waals surface area contributed by atoms with Gasteiger partial charge in [0.05, 0.1) is 69.5 Å². The molecule has 5 aromatic carbocycles. The first-order valence-electron chi connectivity index (χ1n) is 27.3. The molecule has 4 heterocycles. The molecule has 0 bridgehead atoms. The van der Waals surface area contributed by atoms with Crippen LogP contribution in [0.15, 0.2) is 115 Å². The number of aromatic nitrogens is 1. The summed E-state index contributed by atoms with van der Waals surface area (Å²) >= 11 is 0. The zero-order valence-corrected chi connectivity index (χ0v) is 47.3. The molecule has 7 atom stereocenters. The molecule has 1 aromatic heterocycles. The molecule has 25 nitrogen and oxygen atoms in total. The number of aliphatic hydroxyl groups excluding tert-OH is 3. The molecule has 0 spiro atoms. The lowest BCUT2D eigenvalue weighted by Gasteiger charge is -2.43. The van der Waals surface area contributed by atoms with Crippen LogP contribution in [0.25, 0.3) is 10.9 Å². The van der Waals surface area contributed by atoms with E-state index in [0.29, 0.717) is 76.7 Å². The van der Waals surface area contributed by atoms with E-state index in [-0.39, 0.29) is 59.3 Å². The van der Waals surface area contributed by atoms with E-state index in [9.17, 15) is 54.0 Å². The largest absolute Gasteiger partial charge is 0.493 e. The topological polar surface area (TPSA) is 346 Å². The van der Waals surface area contributed by atoms with Crippen LogP contribution in [0.1, 0.15) is 49.4 Å². The minimum Gasteiger partial charge on any atom is -0.493 e. The van der Waals surface area contributed by atoms with Gasteiger partial charge in [0.2, 0.25) is 18.1 Å². The van der Waals surface area contributed by atoms with Crippen molar-refractivity contribution in [2.24, 2.45) is 5.73 Å². The molecule has 9 rings (SSSR count). The summed E-state index contributed by atoms with van der Waals surface area (Å²) in [6, 6.07) is 26.8. The fraction of sp³-hybridized carbons (Fsp3) is 0.311. The Morgan fingerprint density at radius 1 is 0.733 bits per heavy atom. The first-order valence-corrected chi connectivity index (χ1v) is 27.3. The minimum atomic E-state index is -2.00. The predicted molar refractivity (Wildman–Crippen MR) is 309 cm³/mol. The maximum atomic E-state index is 14.1. The number of ether oxygens (including phenoxy) is 6. The predicted octanol–water partition coefficient (Wildman–Crippen LogP) is 3.06. The Balaban J connectivity index is 0.959. The zero-order chi connectivity index (χ0) is 61.4. The number of anilines is 3. The molecule has 450 valence electrons. The molecule has 0 aliphatic carbocycles. The third kappa shape index (κ3) is 13.5. The van der Waals surface area contributed by atoms with Crippen molar-refractivity contribution in [1.29, 1.82) is 0 Å². The van der Waals surface area contributed by atoms with Gasteiger partial charge in [-0.25, -0.2) is 4.79 Å². The van der Waals surface area contributed by atoms with Crippen LogP contribution in [0.2, 0.25) is 0 Å². The second kappa shape index (κ2) is 26.6. The molecule has 3 aliphatic heterocycles. The summed E-state index contributed by atoms with van der Waals surface area (Å²) in [6.45, 7) is 1.42.